The predicted octanol–water partition coefficient (Wildman–Crippen LogP) is 3.24. The lowest BCUT2D eigenvalue weighted by atomic mass is 10.2. The van der Waals surface area contributed by atoms with Gasteiger partial charge in [-0.15, -0.1) is 0 Å². The first kappa shape index (κ1) is 17.1. The number of benzene rings is 1. The van der Waals surface area contributed by atoms with Crippen LogP contribution >= 0.6 is 11.6 Å². The van der Waals surface area contributed by atoms with Gasteiger partial charge in [0.2, 0.25) is 5.91 Å². The maximum atomic E-state index is 12.2. The van der Waals surface area contributed by atoms with E-state index in [1.165, 1.54) is 4.57 Å². The summed E-state index contributed by atoms with van der Waals surface area (Å²) >= 11 is 5.93. The molecule has 0 aliphatic rings. The van der Waals surface area contributed by atoms with Crippen molar-refractivity contribution in [2.45, 2.75) is 26.8 Å². The first-order chi connectivity index (χ1) is 11.0. The fraction of sp³-hybridized carbons (Fsp3) is 0.294. The molecule has 5 nitrogen and oxygen atoms in total. The molecule has 0 atom stereocenters. The molecular weight excluding hydrogens is 316 g/mol. The van der Waals surface area contributed by atoms with E-state index in [0.717, 1.165) is 12.0 Å². The topological polar surface area (TPSA) is 60.3 Å². The second-order valence-electron chi connectivity index (χ2n) is 5.16. The van der Waals surface area contributed by atoms with E-state index in [4.69, 9.17) is 16.3 Å². The van der Waals surface area contributed by atoms with Crippen LogP contribution in [-0.4, -0.2) is 17.1 Å². The summed E-state index contributed by atoms with van der Waals surface area (Å²) in [5.74, 6) is -0.0498. The van der Waals surface area contributed by atoms with E-state index in [1.807, 2.05) is 19.9 Å². The van der Waals surface area contributed by atoms with Crippen LogP contribution in [0, 0.1) is 6.92 Å². The van der Waals surface area contributed by atoms with Gasteiger partial charge in [-0.2, -0.15) is 0 Å². The third kappa shape index (κ3) is 4.60. The predicted molar refractivity (Wildman–Crippen MR) is 91.3 cm³/mol. The van der Waals surface area contributed by atoms with Crippen LogP contribution < -0.4 is 15.6 Å². The Kier molecular flexibility index (Phi) is 5.82. The summed E-state index contributed by atoms with van der Waals surface area (Å²) in [7, 11) is 0. The number of ether oxygens (including phenoxy) is 1. The van der Waals surface area contributed by atoms with E-state index < -0.39 is 0 Å². The van der Waals surface area contributed by atoms with Crippen molar-refractivity contribution >= 4 is 23.2 Å². The molecule has 1 aromatic carbocycles. The van der Waals surface area contributed by atoms with Crippen molar-refractivity contribution in [3.8, 4) is 5.75 Å². The fourth-order valence-electron chi connectivity index (χ4n) is 2.03. The molecule has 122 valence electrons. The summed E-state index contributed by atoms with van der Waals surface area (Å²) in [6, 6.07) is 8.55. The molecule has 0 aliphatic heterocycles. The highest BCUT2D eigenvalue weighted by Crippen LogP contribution is 2.20. The van der Waals surface area contributed by atoms with Gasteiger partial charge in [0.05, 0.1) is 6.61 Å². The minimum Gasteiger partial charge on any atom is -0.488 e. The number of pyridine rings is 1. The zero-order valence-corrected chi connectivity index (χ0v) is 13.9. The molecule has 2 rings (SSSR count). The Labute approximate surface area is 139 Å². The van der Waals surface area contributed by atoms with E-state index >= 15 is 0 Å². The monoisotopic (exact) mass is 334 g/mol. The van der Waals surface area contributed by atoms with E-state index in [-0.39, 0.29) is 23.8 Å². The number of carbonyl (C=O) groups is 1. The molecule has 0 bridgehead atoms. The van der Waals surface area contributed by atoms with Crippen molar-refractivity contribution in [2.75, 3.05) is 11.9 Å². The normalized spacial score (nSPS) is 10.4. The Hall–Kier alpha value is -2.27. The molecule has 0 radical (unpaired) electrons. The SMILES string of the molecule is CCCOc1cccn(CC(=O)Nc2cc(Cl)ccc2C)c1=O. The van der Waals surface area contributed by atoms with Crippen molar-refractivity contribution in [3.05, 3.63) is 57.5 Å². The summed E-state index contributed by atoms with van der Waals surface area (Å²) in [5, 5.41) is 3.31. The minimum absolute atomic E-state index is 0.0892. The number of aryl methyl sites for hydroxylation is 1. The van der Waals surface area contributed by atoms with Gasteiger partial charge >= 0.3 is 0 Å². The molecule has 1 amide bonds. The number of hydrogen-bond donors (Lipinski definition) is 1. The van der Waals surface area contributed by atoms with Crippen LogP contribution in [0.2, 0.25) is 5.02 Å². The summed E-state index contributed by atoms with van der Waals surface area (Å²) in [4.78, 5) is 24.4. The van der Waals surface area contributed by atoms with Gasteiger partial charge in [-0.25, -0.2) is 0 Å². The number of rotatable bonds is 6. The highest BCUT2D eigenvalue weighted by atomic mass is 35.5. The van der Waals surface area contributed by atoms with Crippen molar-refractivity contribution in [2.24, 2.45) is 0 Å². The molecule has 0 saturated heterocycles. The lowest BCUT2D eigenvalue weighted by Gasteiger charge is -2.11. The minimum atomic E-state index is -0.320. The molecule has 0 unspecified atom stereocenters. The highest BCUT2D eigenvalue weighted by Gasteiger charge is 2.10. The van der Waals surface area contributed by atoms with Crippen LogP contribution in [0.5, 0.6) is 5.75 Å². The molecule has 23 heavy (non-hydrogen) atoms. The number of anilines is 1. The first-order valence-corrected chi connectivity index (χ1v) is 7.77. The Morgan fingerprint density at radius 3 is 2.87 bits per heavy atom. The highest BCUT2D eigenvalue weighted by molar-refractivity contribution is 6.31. The van der Waals surface area contributed by atoms with Gasteiger partial charge in [0, 0.05) is 16.9 Å². The van der Waals surface area contributed by atoms with E-state index in [9.17, 15) is 9.59 Å². The third-order valence-corrected chi connectivity index (χ3v) is 3.47. The quantitative estimate of drug-likeness (QED) is 0.882. The molecule has 2 aromatic rings. The molecular formula is C17H19ClN2O3. The van der Waals surface area contributed by atoms with Crippen molar-refractivity contribution in [1.29, 1.82) is 0 Å². The number of halogens is 1. The zero-order valence-electron chi connectivity index (χ0n) is 13.1. The van der Waals surface area contributed by atoms with Crippen LogP contribution in [0.25, 0.3) is 0 Å². The number of aromatic nitrogens is 1. The average molecular weight is 335 g/mol. The maximum Gasteiger partial charge on any atom is 0.293 e. The van der Waals surface area contributed by atoms with Crippen LogP contribution in [0.3, 0.4) is 0 Å². The number of nitrogens with zero attached hydrogens (tertiary/aromatic N) is 1. The van der Waals surface area contributed by atoms with Crippen molar-refractivity contribution < 1.29 is 9.53 Å². The van der Waals surface area contributed by atoms with Crippen LogP contribution in [0.1, 0.15) is 18.9 Å². The van der Waals surface area contributed by atoms with E-state index in [0.29, 0.717) is 17.3 Å². The molecule has 6 heteroatoms. The summed E-state index contributed by atoms with van der Waals surface area (Å²) in [6.45, 7) is 4.21. The molecule has 0 fully saturated rings. The molecule has 0 saturated carbocycles. The lowest BCUT2D eigenvalue weighted by Crippen LogP contribution is -2.28. The van der Waals surface area contributed by atoms with Gasteiger partial charge in [0.25, 0.3) is 5.56 Å². The lowest BCUT2D eigenvalue weighted by molar-refractivity contribution is -0.116. The van der Waals surface area contributed by atoms with Crippen LogP contribution in [0.4, 0.5) is 5.69 Å². The smallest absolute Gasteiger partial charge is 0.293 e. The molecule has 0 spiro atoms. The Balaban J connectivity index is 2.11. The van der Waals surface area contributed by atoms with E-state index in [1.54, 1.807) is 30.5 Å². The van der Waals surface area contributed by atoms with Gasteiger partial charge in [-0.05, 0) is 43.2 Å². The van der Waals surface area contributed by atoms with Gasteiger partial charge in [-0.3, -0.25) is 9.59 Å². The second-order valence-corrected chi connectivity index (χ2v) is 5.60. The average Bonchev–Trinajstić information content (AvgIpc) is 2.52. The summed E-state index contributed by atoms with van der Waals surface area (Å²) in [5.41, 5.74) is 1.21. The van der Waals surface area contributed by atoms with Crippen LogP contribution in [0.15, 0.2) is 41.3 Å². The van der Waals surface area contributed by atoms with Crippen molar-refractivity contribution in [3.63, 3.8) is 0 Å². The molecule has 0 aliphatic carbocycles. The number of amides is 1. The zero-order chi connectivity index (χ0) is 16.8. The summed E-state index contributed by atoms with van der Waals surface area (Å²) < 4.78 is 6.70. The first-order valence-electron chi connectivity index (χ1n) is 7.39. The van der Waals surface area contributed by atoms with Crippen LogP contribution in [-0.2, 0) is 11.3 Å². The number of nitrogens with one attached hydrogen (secondary N) is 1. The van der Waals surface area contributed by atoms with E-state index in [2.05, 4.69) is 5.32 Å². The standard InChI is InChI=1S/C17H19ClN2O3/c1-3-9-23-15-5-4-8-20(17(15)22)11-16(21)19-14-10-13(18)7-6-12(14)2/h4-8,10H,3,9,11H2,1-2H3,(H,19,21). The summed E-state index contributed by atoms with van der Waals surface area (Å²) in [6.07, 6.45) is 2.37. The molecule has 1 heterocycles. The van der Waals surface area contributed by atoms with Crippen molar-refractivity contribution in [1.82, 2.24) is 4.57 Å². The third-order valence-electron chi connectivity index (χ3n) is 3.23. The Bertz CT molecular complexity index is 756. The van der Waals surface area contributed by atoms with Gasteiger partial charge in [0.15, 0.2) is 5.75 Å². The second kappa shape index (κ2) is 7.83. The number of carbonyl (C=O) groups excluding carboxylic acids is 1. The number of hydrogen-bond acceptors (Lipinski definition) is 3. The van der Waals surface area contributed by atoms with Gasteiger partial charge in [-0.1, -0.05) is 24.6 Å². The van der Waals surface area contributed by atoms with Gasteiger partial charge in [0.1, 0.15) is 6.54 Å². The molecule has 1 aromatic heterocycles. The largest absolute Gasteiger partial charge is 0.488 e. The Morgan fingerprint density at radius 2 is 2.13 bits per heavy atom. The van der Waals surface area contributed by atoms with Gasteiger partial charge < -0.3 is 14.6 Å². The Morgan fingerprint density at radius 1 is 1.35 bits per heavy atom. The fourth-order valence-corrected chi connectivity index (χ4v) is 2.21. The maximum absolute atomic E-state index is 12.2. The molecule has 1 N–H and O–H groups in total.